The zero-order chi connectivity index (χ0) is 12.3. The number of aliphatic hydroxyl groups excluding tert-OH is 1. The number of carbonyl (C=O) groups is 2. The van der Waals surface area contributed by atoms with E-state index in [1.807, 2.05) is 0 Å². The zero-order valence-corrected chi connectivity index (χ0v) is 9.73. The van der Waals surface area contributed by atoms with E-state index in [9.17, 15) is 9.59 Å². The van der Waals surface area contributed by atoms with Gasteiger partial charge in [-0.1, -0.05) is 0 Å². The Morgan fingerprint density at radius 1 is 1.62 bits per heavy atom. The Morgan fingerprint density at radius 3 is 2.75 bits per heavy atom. The highest BCUT2D eigenvalue weighted by Gasteiger charge is 2.36. The number of morpholine rings is 1. The van der Waals surface area contributed by atoms with Gasteiger partial charge in [0.05, 0.1) is 19.3 Å². The highest BCUT2D eigenvalue weighted by Crippen LogP contribution is 2.15. The molecule has 1 aliphatic heterocycles. The van der Waals surface area contributed by atoms with Crippen LogP contribution in [0.3, 0.4) is 0 Å². The van der Waals surface area contributed by atoms with Gasteiger partial charge in [0.15, 0.2) is 0 Å². The third kappa shape index (κ3) is 3.18. The van der Waals surface area contributed by atoms with Crippen molar-refractivity contribution in [1.82, 2.24) is 4.90 Å². The first-order valence-corrected chi connectivity index (χ1v) is 5.09. The molecule has 0 aromatic carbocycles. The summed E-state index contributed by atoms with van der Waals surface area (Å²) in [6.07, 6.45) is -0.736. The van der Waals surface area contributed by atoms with Crippen LogP contribution in [0.25, 0.3) is 0 Å². The third-order valence-corrected chi connectivity index (χ3v) is 1.97. The summed E-state index contributed by atoms with van der Waals surface area (Å²) in [5, 5.41) is 9.04. The summed E-state index contributed by atoms with van der Waals surface area (Å²) < 4.78 is 10.0. The summed E-state index contributed by atoms with van der Waals surface area (Å²) in [5.74, 6) is -0.487. The van der Waals surface area contributed by atoms with E-state index < -0.39 is 23.6 Å². The van der Waals surface area contributed by atoms with Gasteiger partial charge in [-0.25, -0.2) is 9.69 Å². The van der Waals surface area contributed by atoms with Gasteiger partial charge < -0.3 is 14.6 Å². The van der Waals surface area contributed by atoms with Crippen LogP contribution >= 0.6 is 0 Å². The number of aliphatic hydroxyl groups is 1. The van der Waals surface area contributed by atoms with Crippen molar-refractivity contribution in [2.45, 2.75) is 32.4 Å². The fourth-order valence-electron chi connectivity index (χ4n) is 1.33. The molecule has 1 fully saturated rings. The predicted octanol–water partition coefficient (Wildman–Crippen LogP) is 0.141. The van der Waals surface area contributed by atoms with Gasteiger partial charge in [-0.15, -0.1) is 0 Å². The molecule has 16 heavy (non-hydrogen) atoms. The molecular formula is C10H17NO5. The Balaban J connectivity index is 2.74. The normalized spacial score (nSPS) is 22.1. The van der Waals surface area contributed by atoms with Crippen LogP contribution in [-0.2, 0) is 14.3 Å². The number of ether oxygens (including phenoxy) is 2. The maximum atomic E-state index is 11.7. The molecule has 0 spiro atoms. The van der Waals surface area contributed by atoms with Crippen molar-refractivity contribution in [3.05, 3.63) is 0 Å². The lowest BCUT2D eigenvalue weighted by Gasteiger charge is -2.33. The van der Waals surface area contributed by atoms with Crippen molar-refractivity contribution < 1.29 is 24.2 Å². The van der Waals surface area contributed by atoms with E-state index in [4.69, 9.17) is 14.6 Å². The van der Waals surface area contributed by atoms with E-state index >= 15 is 0 Å². The minimum absolute atomic E-state index is 0.140. The van der Waals surface area contributed by atoms with Gasteiger partial charge in [0.1, 0.15) is 12.2 Å². The monoisotopic (exact) mass is 231 g/mol. The first-order valence-electron chi connectivity index (χ1n) is 5.09. The second kappa shape index (κ2) is 4.80. The van der Waals surface area contributed by atoms with Crippen LogP contribution in [0, 0.1) is 0 Å². The highest BCUT2D eigenvalue weighted by molar-refractivity contribution is 5.93. The van der Waals surface area contributed by atoms with Crippen LogP contribution in [0.4, 0.5) is 4.79 Å². The van der Waals surface area contributed by atoms with Crippen LogP contribution < -0.4 is 0 Å². The molecule has 0 aromatic rings. The van der Waals surface area contributed by atoms with E-state index in [2.05, 4.69) is 0 Å². The maximum Gasteiger partial charge on any atom is 0.417 e. The number of carbonyl (C=O) groups excluding carboxylic acids is 2. The molecule has 2 amide bonds. The molecule has 1 atom stereocenters. The Morgan fingerprint density at radius 2 is 2.25 bits per heavy atom. The molecule has 6 nitrogen and oxygen atoms in total. The minimum Gasteiger partial charge on any atom is -0.443 e. The van der Waals surface area contributed by atoms with Crippen LogP contribution in [-0.4, -0.2) is 53.5 Å². The van der Waals surface area contributed by atoms with Gasteiger partial charge in [-0.3, -0.25) is 4.79 Å². The molecule has 0 unspecified atom stereocenters. The van der Waals surface area contributed by atoms with Gasteiger partial charge in [0.2, 0.25) is 0 Å². The number of hydrogen-bond acceptors (Lipinski definition) is 5. The molecule has 1 rings (SSSR count). The first-order chi connectivity index (χ1) is 7.35. The highest BCUT2D eigenvalue weighted by atomic mass is 16.6. The third-order valence-electron chi connectivity index (χ3n) is 1.97. The van der Waals surface area contributed by atoms with E-state index in [0.717, 1.165) is 4.90 Å². The molecule has 1 N–H and O–H groups in total. The van der Waals surface area contributed by atoms with Crippen molar-refractivity contribution in [2.24, 2.45) is 0 Å². The number of nitrogens with zero attached hydrogens (tertiary/aromatic N) is 1. The molecule has 0 aromatic heterocycles. The Bertz CT molecular complexity index is 283. The molecule has 1 heterocycles. The second-order valence-electron chi connectivity index (χ2n) is 4.60. The van der Waals surface area contributed by atoms with Crippen LogP contribution in [0.15, 0.2) is 0 Å². The molecule has 0 bridgehead atoms. The summed E-state index contributed by atoms with van der Waals surface area (Å²) in [6.45, 7) is 4.79. The molecular weight excluding hydrogens is 214 g/mol. The van der Waals surface area contributed by atoms with Crippen molar-refractivity contribution in [2.75, 3.05) is 19.8 Å². The Kier molecular flexibility index (Phi) is 3.88. The molecule has 6 heteroatoms. The molecule has 0 radical (unpaired) electrons. The first kappa shape index (κ1) is 12.9. The van der Waals surface area contributed by atoms with Crippen LogP contribution in [0.5, 0.6) is 0 Å². The number of hydrogen-bond donors (Lipinski definition) is 1. The molecule has 0 aliphatic carbocycles. The quantitative estimate of drug-likeness (QED) is 0.694. The van der Waals surface area contributed by atoms with E-state index in [1.165, 1.54) is 0 Å². The minimum atomic E-state index is -0.736. The number of rotatable bonds is 1. The van der Waals surface area contributed by atoms with Gasteiger partial charge in [-0.2, -0.15) is 0 Å². The molecule has 1 aliphatic rings. The van der Waals surface area contributed by atoms with Crippen LogP contribution in [0.2, 0.25) is 0 Å². The Labute approximate surface area is 94.1 Å². The topological polar surface area (TPSA) is 76.1 Å². The second-order valence-corrected chi connectivity index (χ2v) is 4.60. The zero-order valence-electron chi connectivity index (χ0n) is 9.73. The van der Waals surface area contributed by atoms with E-state index in [0.29, 0.717) is 0 Å². The number of amides is 2. The average Bonchev–Trinajstić information content (AvgIpc) is 2.14. The molecule has 1 saturated heterocycles. The molecule has 92 valence electrons. The number of imide groups is 1. The van der Waals surface area contributed by atoms with Gasteiger partial charge in [0.25, 0.3) is 5.91 Å². The maximum absolute atomic E-state index is 11.7. The van der Waals surface area contributed by atoms with Gasteiger partial charge >= 0.3 is 6.09 Å². The summed E-state index contributed by atoms with van der Waals surface area (Å²) in [5.41, 5.74) is -0.671. The fraction of sp³-hybridized carbons (Fsp3) is 0.800. The fourth-order valence-corrected chi connectivity index (χ4v) is 1.33. The smallest absolute Gasteiger partial charge is 0.417 e. The van der Waals surface area contributed by atoms with Crippen LogP contribution in [0.1, 0.15) is 20.8 Å². The molecule has 0 saturated carbocycles. The van der Waals surface area contributed by atoms with E-state index in [1.54, 1.807) is 20.8 Å². The summed E-state index contributed by atoms with van der Waals surface area (Å²) >= 11 is 0. The predicted molar refractivity (Wildman–Crippen MR) is 54.8 cm³/mol. The summed E-state index contributed by atoms with van der Waals surface area (Å²) in [6, 6.07) is -0.656. The lowest BCUT2D eigenvalue weighted by molar-refractivity contribution is -0.148. The largest absolute Gasteiger partial charge is 0.443 e. The van der Waals surface area contributed by atoms with Crippen molar-refractivity contribution >= 4 is 12.0 Å². The Hall–Kier alpha value is -1.14. The van der Waals surface area contributed by atoms with Gasteiger partial charge in [0, 0.05) is 0 Å². The average molecular weight is 231 g/mol. The lowest BCUT2D eigenvalue weighted by atomic mass is 10.2. The van der Waals surface area contributed by atoms with E-state index in [-0.39, 0.29) is 19.8 Å². The summed E-state index contributed by atoms with van der Waals surface area (Å²) in [4.78, 5) is 24.1. The standard InChI is InChI=1S/C10H17NO5/c1-10(2,3)16-9(14)11-7(4-12)5-15-6-8(11)13/h7,12H,4-6H2,1-3H3/t7-/m1/s1. The van der Waals surface area contributed by atoms with Crippen molar-refractivity contribution in [3.8, 4) is 0 Å². The lowest BCUT2D eigenvalue weighted by Crippen LogP contribution is -2.55. The van der Waals surface area contributed by atoms with Crippen molar-refractivity contribution in [3.63, 3.8) is 0 Å². The van der Waals surface area contributed by atoms with Gasteiger partial charge in [-0.05, 0) is 20.8 Å². The van der Waals surface area contributed by atoms with Crippen molar-refractivity contribution in [1.29, 1.82) is 0 Å². The summed E-state index contributed by atoms with van der Waals surface area (Å²) in [7, 11) is 0. The SMILES string of the molecule is CC(C)(C)OC(=O)N1C(=O)COC[C@H]1CO.